The van der Waals surface area contributed by atoms with Crippen molar-refractivity contribution in [1.29, 1.82) is 0 Å². The second-order valence-electron chi connectivity index (χ2n) is 7.81. The van der Waals surface area contributed by atoms with E-state index in [1.54, 1.807) is 0 Å². The number of hydrogen-bond donors (Lipinski definition) is 4. The summed E-state index contributed by atoms with van der Waals surface area (Å²) in [5.74, 6) is 0.360. The first-order valence-corrected chi connectivity index (χ1v) is 8.34. The number of fused-ring (bicyclic) bond motifs is 3. The third-order valence-electron chi connectivity index (χ3n) is 5.80. The van der Waals surface area contributed by atoms with Gasteiger partial charge in [-0.25, -0.2) is 0 Å². The summed E-state index contributed by atoms with van der Waals surface area (Å²) in [6, 6.07) is 0. The summed E-state index contributed by atoms with van der Waals surface area (Å²) < 4.78 is 17.6. The van der Waals surface area contributed by atoms with Crippen LogP contribution in [-0.4, -0.2) is 75.0 Å². The van der Waals surface area contributed by atoms with Gasteiger partial charge in [0.25, 0.3) is 0 Å². The summed E-state index contributed by atoms with van der Waals surface area (Å²) in [6.07, 6.45) is -3.76. The monoisotopic (exact) mass is 332 g/mol. The standard InChI is InChI=1S/C16H28O7/c1-15(2)8-4-5-16(3,23-15)10(6-8)22-14-13(20)12(19)11(18)9(7-17)21-14/h8-14,17-20H,4-7H2,1-3H3/t8?,9-,10-,11-,12+,13-,14+,16-/m1/s1. The molecule has 4 rings (SSSR count). The maximum absolute atomic E-state index is 10.1. The lowest BCUT2D eigenvalue weighted by molar-refractivity contribution is -0.353. The van der Waals surface area contributed by atoms with Gasteiger partial charge in [-0.15, -0.1) is 0 Å². The normalized spacial score (nSPS) is 52.6. The molecule has 0 spiro atoms. The molecule has 134 valence electrons. The lowest BCUT2D eigenvalue weighted by Gasteiger charge is -2.58. The van der Waals surface area contributed by atoms with Crippen LogP contribution in [0.4, 0.5) is 0 Å². The molecular formula is C16H28O7. The van der Waals surface area contributed by atoms with Crippen LogP contribution in [0.25, 0.3) is 0 Å². The second kappa shape index (κ2) is 5.91. The van der Waals surface area contributed by atoms with Crippen LogP contribution in [0.5, 0.6) is 0 Å². The zero-order chi connectivity index (χ0) is 17.0. The summed E-state index contributed by atoms with van der Waals surface area (Å²) in [7, 11) is 0. The zero-order valence-electron chi connectivity index (χ0n) is 13.9. The van der Waals surface area contributed by atoms with Crippen molar-refractivity contribution >= 4 is 0 Å². The van der Waals surface area contributed by atoms with E-state index in [9.17, 15) is 20.4 Å². The van der Waals surface area contributed by atoms with Crippen molar-refractivity contribution in [2.24, 2.45) is 5.92 Å². The Hall–Kier alpha value is -0.280. The van der Waals surface area contributed by atoms with Crippen LogP contribution < -0.4 is 0 Å². The highest BCUT2D eigenvalue weighted by atomic mass is 16.7. The predicted molar refractivity (Wildman–Crippen MR) is 79.6 cm³/mol. The van der Waals surface area contributed by atoms with Gasteiger partial charge in [-0.1, -0.05) is 0 Å². The van der Waals surface area contributed by atoms with Crippen molar-refractivity contribution in [2.75, 3.05) is 6.61 Å². The maximum atomic E-state index is 10.1. The first-order chi connectivity index (χ1) is 10.7. The van der Waals surface area contributed by atoms with Crippen molar-refractivity contribution in [1.82, 2.24) is 0 Å². The van der Waals surface area contributed by atoms with E-state index in [2.05, 4.69) is 13.8 Å². The highest BCUT2D eigenvalue weighted by Crippen LogP contribution is 2.51. The van der Waals surface area contributed by atoms with E-state index < -0.39 is 42.9 Å². The Morgan fingerprint density at radius 3 is 2.35 bits per heavy atom. The van der Waals surface area contributed by atoms with E-state index in [1.165, 1.54) is 0 Å². The average molecular weight is 332 g/mol. The zero-order valence-corrected chi connectivity index (χ0v) is 13.9. The Balaban J connectivity index is 1.72. The maximum Gasteiger partial charge on any atom is 0.187 e. The Bertz CT molecular complexity index is 440. The van der Waals surface area contributed by atoms with Gasteiger partial charge in [0, 0.05) is 0 Å². The van der Waals surface area contributed by atoms with Gasteiger partial charge in [0.1, 0.15) is 24.4 Å². The van der Waals surface area contributed by atoms with Gasteiger partial charge < -0.3 is 34.6 Å². The first kappa shape index (κ1) is 17.5. The molecule has 2 bridgehead atoms. The lowest BCUT2D eigenvalue weighted by Crippen LogP contribution is -2.65. The van der Waals surface area contributed by atoms with Crippen molar-refractivity contribution in [3.63, 3.8) is 0 Å². The quantitative estimate of drug-likeness (QED) is 0.554. The topological polar surface area (TPSA) is 109 Å². The second-order valence-corrected chi connectivity index (χ2v) is 7.81. The highest BCUT2D eigenvalue weighted by Gasteiger charge is 2.56. The van der Waals surface area contributed by atoms with Crippen LogP contribution in [0, 0.1) is 5.92 Å². The van der Waals surface area contributed by atoms with E-state index in [-0.39, 0.29) is 11.7 Å². The molecule has 7 heteroatoms. The van der Waals surface area contributed by atoms with E-state index in [1.807, 2.05) is 6.92 Å². The Labute approximate surface area is 136 Å². The highest BCUT2D eigenvalue weighted by molar-refractivity contribution is 5.04. The molecule has 0 radical (unpaired) electrons. The van der Waals surface area contributed by atoms with E-state index in [0.717, 1.165) is 19.3 Å². The smallest absolute Gasteiger partial charge is 0.187 e. The van der Waals surface area contributed by atoms with E-state index >= 15 is 0 Å². The third-order valence-corrected chi connectivity index (χ3v) is 5.80. The molecule has 0 aromatic carbocycles. The number of hydrogen-bond acceptors (Lipinski definition) is 7. The SMILES string of the molecule is CC1(C)O[C@]2(C)CCC1C[C@H]2O[C@@H]1O[C@H](CO)[C@@H](O)[C@H](O)[C@H]1O. The van der Waals surface area contributed by atoms with Crippen molar-refractivity contribution < 1.29 is 34.6 Å². The van der Waals surface area contributed by atoms with Crippen LogP contribution in [0.15, 0.2) is 0 Å². The minimum absolute atomic E-state index is 0.206. The van der Waals surface area contributed by atoms with Gasteiger partial charge >= 0.3 is 0 Å². The molecule has 0 aromatic rings. The van der Waals surface area contributed by atoms with Gasteiger partial charge in [0.05, 0.1) is 23.9 Å². The molecule has 1 unspecified atom stereocenters. The molecule has 7 nitrogen and oxygen atoms in total. The summed E-state index contributed by atoms with van der Waals surface area (Å²) in [5, 5.41) is 39.1. The van der Waals surface area contributed by atoms with Crippen LogP contribution in [-0.2, 0) is 14.2 Å². The summed E-state index contributed by atoms with van der Waals surface area (Å²) in [6.45, 7) is 5.70. The lowest BCUT2D eigenvalue weighted by atomic mass is 9.67. The Morgan fingerprint density at radius 1 is 1.09 bits per heavy atom. The van der Waals surface area contributed by atoms with Crippen molar-refractivity contribution in [2.45, 2.75) is 88.0 Å². The van der Waals surface area contributed by atoms with Gasteiger partial charge in [-0.05, 0) is 46.0 Å². The molecule has 3 aliphatic heterocycles. The fourth-order valence-corrected chi connectivity index (χ4v) is 4.22. The van der Waals surface area contributed by atoms with Crippen LogP contribution in [0.1, 0.15) is 40.0 Å². The number of aliphatic hydroxyl groups excluding tert-OH is 4. The number of rotatable bonds is 3. The Kier molecular flexibility index (Phi) is 4.51. The van der Waals surface area contributed by atoms with Gasteiger partial charge in [0.15, 0.2) is 6.29 Å². The van der Waals surface area contributed by atoms with Crippen LogP contribution in [0.2, 0.25) is 0 Å². The fraction of sp³-hybridized carbons (Fsp3) is 1.00. The minimum Gasteiger partial charge on any atom is -0.394 e. The van der Waals surface area contributed by atoms with Crippen LogP contribution in [0.3, 0.4) is 0 Å². The molecule has 1 saturated carbocycles. The summed E-state index contributed by atoms with van der Waals surface area (Å²) in [5.41, 5.74) is -0.681. The largest absolute Gasteiger partial charge is 0.394 e. The predicted octanol–water partition coefficient (Wildman–Crippen LogP) is -0.461. The van der Waals surface area contributed by atoms with Crippen molar-refractivity contribution in [3.05, 3.63) is 0 Å². The number of aliphatic hydroxyl groups is 4. The molecule has 3 saturated heterocycles. The third kappa shape index (κ3) is 2.93. The van der Waals surface area contributed by atoms with Gasteiger partial charge in [-0.3, -0.25) is 0 Å². The molecule has 1 aliphatic carbocycles. The summed E-state index contributed by atoms with van der Waals surface area (Å²) >= 11 is 0. The van der Waals surface area contributed by atoms with E-state index in [4.69, 9.17) is 14.2 Å². The average Bonchev–Trinajstić information content (AvgIpc) is 2.48. The molecule has 8 atom stereocenters. The van der Waals surface area contributed by atoms with Gasteiger partial charge in [-0.2, -0.15) is 0 Å². The fourth-order valence-electron chi connectivity index (χ4n) is 4.22. The van der Waals surface area contributed by atoms with Crippen molar-refractivity contribution in [3.8, 4) is 0 Å². The van der Waals surface area contributed by atoms with Gasteiger partial charge in [0.2, 0.25) is 0 Å². The summed E-state index contributed by atoms with van der Waals surface area (Å²) in [4.78, 5) is 0. The molecule has 4 N–H and O–H groups in total. The van der Waals surface area contributed by atoms with Crippen LogP contribution >= 0.6 is 0 Å². The van der Waals surface area contributed by atoms with E-state index in [0.29, 0.717) is 5.92 Å². The molecule has 23 heavy (non-hydrogen) atoms. The first-order valence-electron chi connectivity index (χ1n) is 8.34. The molecule has 4 fully saturated rings. The minimum atomic E-state index is -1.42. The molecule has 0 amide bonds. The molecule has 3 heterocycles. The molecular weight excluding hydrogens is 304 g/mol. The number of ether oxygens (including phenoxy) is 3. The Morgan fingerprint density at radius 2 is 1.78 bits per heavy atom. The molecule has 4 aliphatic rings. The molecule has 0 aromatic heterocycles.